The SMILES string of the molecule is Cc1ccc(OCCNC(=O)NCc2ccc(N3CCc4ccccc4C3)nc2)cc1. The zero-order valence-corrected chi connectivity index (χ0v) is 17.8. The van der Waals surface area contributed by atoms with Crippen molar-refractivity contribution < 1.29 is 9.53 Å². The van der Waals surface area contributed by atoms with Gasteiger partial charge < -0.3 is 20.3 Å². The normalized spacial score (nSPS) is 12.7. The Morgan fingerprint density at radius 1 is 1.03 bits per heavy atom. The van der Waals surface area contributed by atoms with E-state index in [9.17, 15) is 4.79 Å². The summed E-state index contributed by atoms with van der Waals surface area (Å²) in [6.07, 6.45) is 2.87. The van der Waals surface area contributed by atoms with Crippen LogP contribution in [0.25, 0.3) is 0 Å². The third kappa shape index (κ3) is 5.75. The number of amides is 2. The van der Waals surface area contributed by atoms with Gasteiger partial charge in [-0.3, -0.25) is 0 Å². The molecule has 4 rings (SSSR count). The Bertz CT molecular complexity index is 1000. The first-order valence-corrected chi connectivity index (χ1v) is 10.7. The summed E-state index contributed by atoms with van der Waals surface area (Å²) in [5.41, 5.74) is 4.94. The molecule has 0 saturated heterocycles. The van der Waals surface area contributed by atoms with Gasteiger partial charge in [-0.2, -0.15) is 0 Å². The second-order valence-electron chi connectivity index (χ2n) is 7.74. The number of carbonyl (C=O) groups excluding carboxylic acids is 1. The van der Waals surface area contributed by atoms with Crippen molar-refractivity contribution in [3.8, 4) is 5.75 Å². The maximum atomic E-state index is 12.0. The summed E-state index contributed by atoms with van der Waals surface area (Å²) in [6.45, 7) is 5.17. The Kier molecular flexibility index (Phi) is 6.67. The molecule has 0 saturated carbocycles. The highest BCUT2D eigenvalue weighted by atomic mass is 16.5. The first-order valence-electron chi connectivity index (χ1n) is 10.7. The molecule has 0 radical (unpaired) electrons. The average Bonchev–Trinajstić information content (AvgIpc) is 2.81. The van der Waals surface area contributed by atoms with Gasteiger partial charge in [0.1, 0.15) is 18.2 Å². The number of nitrogens with zero attached hydrogens (tertiary/aromatic N) is 2. The van der Waals surface area contributed by atoms with Gasteiger partial charge in [0.15, 0.2) is 0 Å². The Labute approximate surface area is 183 Å². The summed E-state index contributed by atoms with van der Waals surface area (Å²) >= 11 is 0. The molecule has 0 fully saturated rings. The van der Waals surface area contributed by atoms with Crippen molar-refractivity contribution >= 4 is 11.8 Å². The molecule has 3 aromatic rings. The first-order chi connectivity index (χ1) is 15.2. The van der Waals surface area contributed by atoms with E-state index in [0.29, 0.717) is 19.7 Å². The van der Waals surface area contributed by atoms with Crippen molar-refractivity contribution in [3.05, 3.63) is 89.1 Å². The first kappa shape index (κ1) is 20.7. The lowest BCUT2D eigenvalue weighted by molar-refractivity contribution is 0.236. The average molecular weight is 417 g/mol. The second-order valence-corrected chi connectivity index (χ2v) is 7.74. The van der Waals surface area contributed by atoms with Crippen molar-refractivity contribution in [3.63, 3.8) is 0 Å². The smallest absolute Gasteiger partial charge is 0.315 e. The Hall–Kier alpha value is -3.54. The van der Waals surface area contributed by atoms with Crippen LogP contribution in [0.4, 0.5) is 10.6 Å². The van der Waals surface area contributed by atoms with E-state index in [1.54, 1.807) is 0 Å². The van der Waals surface area contributed by atoms with Gasteiger partial charge in [-0.1, -0.05) is 48.0 Å². The van der Waals surface area contributed by atoms with E-state index in [1.807, 2.05) is 49.5 Å². The highest BCUT2D eigenvalue weighted by Gasteiger charge is 2.16. The number of hydrogen-bond acceptors (Lipinski definition) is 4. The van der Waals surface area contributed by atoms with Gasteiger partial charge >= 0.3 is 6.03 Å². The summed E-state index contributed by atoms with van der Waals surface area (Å²) in [5.74, 6) is 1.77. The van der Waals surface area contributed by atoms with Gasteiger partial charge in [-0.25, -0.2) is 9.78 Å². The molecule has 160 valence electrons. The maximum Gasteiger partial charge on any atom is 0.315 e. The van der Waals surface area contributed by atoms with Crippen LogP contribution in [0.2, 0.25) is 0 Å². The molecule has 6 heteroatoms. The van der Waals surface area contributed by atoms with Crippen LogP contribution in [-0.4, -0.2) is 30.7 Å². The number of pyridine rings is 1. The number of carbonyl (C=O) groups is 1. The fourth-order valence-electron chi connectivity index (χ4n) is 3.61. The van der Waals surface area contributed by atoms with Crippen LogP contribution in [0.15, 0.2) is 66.9 Å². The molecule has 2 heterocycles. The number of aryl methyl sites for hydroxylation is 1. The minimum absolute atomic E-state index is 0.218. The minimum atomic E-state index is -0.218. The lowest BCUT2D eigenvalue weighted by Gasteiger charge is -2.29. The minimum Gasteiger partial charge on any atom is -0.492 e. The molecule has 0 bridgehead atoms. The number of rotatable bonds is 7. The van der Waals surface area contributed by atoms with E-state index in [2.05, 4.69) is 44.8 Å². The summed E-state index contributed by atoms with van der Waals surface area (Å²) in [6, 6.07) is 20.2. The molecule has 0 aliphatic carbocycles. The third-order valence-corrected chi connectivity index (χ3v) is 5.39. The van der Waals surface area contributed by atoms with Crippen molar-refractivity contribution in [2.75, 3.05) is 24.6 Å². The highest BCUT2D eigenvalue weighted by Crippen LogP contribution is 2.22. The van der Waals surface area contributed by atoms with Crippen LogP contribution in [0.3, 0.4) is 0 Å². The van der Waals surface area contributed by atoms with Crippen molar-refractivity contribution in [2.45, 2.75) is 26.4 Å². The zero-order chi connectivity index (χ0) is 21.5. The molecule has 31 heavy (non-hydrogen) atoms. The van der Waals surface area contributed by atoms with Gasteiger partial charge in [0.05, 0.1) is 6.54 Å². The van der Waals surface area contributed by atoms with Crippen LogP contribution >= 0.6 is 0 Å². The highest BCUT2D eigenvalue weighted by molar-refractivity contribution is 5.73. The summed E-state index contributed by atoms with van der Waals surface area (Å²) in [4.78, 5) is 18.9. The number of anilines is 1. The predicted molar refractivity (Wildman–Crippen MR) is 122 cm³/mol. The van der Waals surface area contributed by atoms with Crippen LogP contribution < -0.4 is 20.3 Å². The van der Waals surface area contributed by atoms with Gasteiger partial charge in [-0.05, 0) is 48.2 Å². The fourth-order valence-corrected chi connectivity index (χ4v) is 3.61. The summed E-state index contributed by atoms with van der Waals surface area (Å²) < 4.78 is 5.61. The van der Waals surface area contributed by atoms with E-state index in [-0.39, 0.29) is 6.03 Å². The number of urea groups is 1. The van der Waals surface area contributed by atoms with E-state index >= 15 is 0 Å². The standard InChI is InChI=1S/C25H28N4O2/c1-19-6-9-23(10-7-19)31-15-13-26-25(30)28-17-20-8-11-24(27-16-20)29-14-12-21-4-2-3-5-22(21)18-29/h2-11,16H,12-15,17-18H2,1H3,(H2,26,28,30). The van der Waals surface area contributed by atoms with Gasteiger partial charge in [-0.15, -0.1) is 0 Å². The number of nitrogens with one attached hydrogen (secondary N) is 2. The third-order valence-electron chi connectivity index (χ3n) is 5.39. The van der Waals surface area contributed by atoms with Crippen LogP contribution in [0.5, 0.6) is 5.75 Å². The zero-order valence-electron chi connectivity index (χ0n) is 17.8. The molecule has 1 aliphatic heterocycles. The van der Waals surface area contributed by atoms with Gasteiger partial charge in [0.2, 0.25) is 0 Å². The molecule has 2 N–H and O–H groups in total. The molecule has 0 atom stereocenters. The topological polar surface area (TPSA) is 66.5 Å². The van der Waals surface area contributed by atoms with Gasteiger partial charge in [0.25, 0.3) is 0 Å². The quantitative estimate of drug-likeness (QED) is 0.575. The summed E-state index contributed by atoms with van der Waals surface area (Å²) in [7, 11) is 0. The fraction of sp³-hybridized carbons (Fsp3) is 0.280. The number of fused-ring (bicyclic) bond motifs is 1. The maximum absolute atomic E-state index is 12.0. The van der Waals surface area contributed by atoms with E-state index in [1.165, 1.54) is 16.7 Å². The predicted octanol–water partition coefficient (Wildman–Crippen LogP) is 3.83. The number of hydrogen-bond donors (Lipinski definition) is 2. The second kappa shape index (κ2) is 9.98. The monoisotopic (exact) mass is 416 g/mol. The molecule has 2 aromatic carbocycles. The lowest BCUT2D eigenvalue weighted by Crippen LogP contribution is -2.37. The lowest BCUT2D eigenvalue weighted by atomic mass is 10.00. The van der Waals surface area contributed by atoms with E-state index in [0.717, 1.165) is 36.6 Å². The molecular weight excluding hydrogens is 388 g/mol. The van der Waals surface area contributed by atoms with Crippen LogP contribution in [0, 0.1) is 6.92 Å². The molecule has 1 aliphatic rings. The summed E-state index contributed by atoms with van der Waals surface area (Å²) in [5, 5.41) is 5.66. The molecule has 2 amide bonds. The largest absolute Gasteiger partial charge is 0.492 e. The molecule has 0 spiro atoms. The van der Waals surface area contributed by atoms with Crippen molar-refractivity contribution in [1.82, 2.24) is 15.6 Å². The molecule has 6 nitrogen and oxygen atoms in total. The number of benzene rings is 2. The van der Waals surface area contributed by atoms with Crippen LogP contribution in [0.1, 0.15) is 22.3 Å². The number of ether oxygens (including phenoxy) is 1. The van der Waals surface area contributed by atoms with Gasteiger partial charge in [0, 0.05) is 25.8 Å². The van der Waals surface area contributed by atoms with Crippen molar-refractivity contribution in [1.29, 1.82) is 0 Å². The molecule has 0 unspecified atom stereocenters. The molecular formula is C25H28N4O2. The van der Waals surface area contributed by atoms with Crippen LogP contribution in [-0.2, 0) is 19.5 Å². The molecule has 1 aromatic heterocycles. The van der Waals surface area contributed by atoms with E-state index in [4.69, 9.17) is 4.74 Å². The Morgan fingerprint density at radius 3 is 2.61 bits per heavy atom. The van der Waals surface area contributed by atoms with Crippen molar-refractivity contribution in [2.24, 2.45) is 0 Å². The number of aromatic nitrogens is 1. The Balaban J connectivity index is 1.18. The van der Waals surface area contributed by atoms with E-state index < -0.39 is 0 Å². The Morgan fingerprint density at radius 2 is 1.84 bits per heavy atom.